The van der Waals surface area contributed by atoms with E-state index in [9.17, 15) is 8.42 Å². The lowest BCUT2D eigenvalue weighted by molar-refractivity contribution is 0.272. The Labute approximate surface area is 162 Å². The Morgan fingerprint density at radius 2 is 1.19 bits per heavy atom. The van der Waals surface area contributed by atoms with E-state index in [0.29, 0.717) is 11.4 Å². The molecule has 0 amide bonds. The summed E-state index contributed by atoms with van der Waals surface area (Å²) in [6.07, 6.45) is 0. The smallest absolute Gasteiger partial charge is 0.179 e. The summed E-state index contributed by atoms with van der Waals surface area (Å²) in [5.41, 5.74) is 3.42. The first kappa shape index (κ1) is 19.3. The van der Waals surface area contributed by atoms with E-state index >= 15 is 0 Å². The van der Waals surface area contributed by atoms with Crippen molar-refractivity contribution in [1.29, 1.82) is 0 Å². The summed E-state index contributed by atoms with van der Waals surface area (Å²) >= 11 is 0. The van der Waals surface area contributed by atoms with Gasteiger partial charge in [0.1, 0.15) is 0 Å². The van der Waals surface area contributed by atoms with Gasteiger partial charge in [0, 0.05) is 19.6 Å². The average molecular weight is 380 g/mol. The molecule has 0 aliphatic carbocycles. The van der Waals surface area contributed by atoms with E-state index < -0.39 is 9.84 Å². The lowest BCUT2D eigenvalue weighted by Crippen LogP contribution is -2.29. The molecule has 0 radical (unpaired) electrons. The topological polar surface area (TPSA) is 37.4 Å². The molecular weight excluding hydrogens is 354 g/mol. The minimum Gasteiger partial charge on any atom is -0.294 e. The summed E-state index contributed by atoms with van der Waals surface area (Å²) in [7, 11) is -3.30. The van der Waals surface area contributed by atoms with E-state index in [1.165, 1.54) is 11.1 Å². The molecule has 0 saturated carbocycles. The van der Waals surface area contributed by atoms with Crippen LogP contribution in [0.15, 0.2) is 89.8 Å². The zero-order valence-electron chi connectivity index (χ0n) is 15.6. The van der Waals surface area contributed by atoms with E-state index in [0.717, 1.165) is 18.7 Å². The first-order chi connectivity index (χ1) is 13.0. The second-order valence-electron chi connectivity index (χ2n) is 6.81. The van der Waals surface area contributed by atoms with Crippen LogP contribution < -0.4 is 0 Å². The Morgan fingerprint density at radius 3 is 1.67 bits per heavy atom. The molecule has 3 aromatic rings. The van der Waals surface area contributed by atoms with E-state index in [1.54, 1.807) is 12.1 Å². The molecule has 0 fully saturated rings. The highest BCUT2D eigenvalue weighted by Gasteiger charge is 2.17. The van der Waals surface area contributed by atoms with Crippen molar-refractivity contribution >= 4 is 9.84 Å². The Balaban J connectivity index is 1.73. The highest BCUT2D eigenvalue weighted by Crippen LogP contribution is 2.15. The Kier molecular flexibility index (Phi) is 6.43. The SMILES string of the molecule is Cc1ccc(S(=O)(=O)CCN(Cc2ccccc2)Cc2ccccc2)cc1. The molecular formula is C23H25NO2S. The second kappa shape index (κ2) is 8.98. The highest BCUT2D eigenvalue weighted by atomic mass is 32.2. The first-order valence-corrected chi connectivity index (χ1v) is 10.8. The van der Waals surface area contributed by atoms with Crippen molar-refractivity contribution < 1.29 is 8.42 Å². The molecule has 3 rings (SSSR count). The van der Waals surface area contributed by atoms with Crippen molar-refractivity contribution in [3.8, 4) is 0 Å². The van der Waals surface area contributed by atoms with Crippen molar-refractivity contribution in [2.24, 2.45) is 0 Å². The molecule has 3 aromatic carbocycles. The zero-order chi connectivity index (χ0) is 19.1. The van der Waals surface area contributed by atoms with E-state index in [1.807, 2.05) is 55.5 Å². The van der Waals surface area contributed by atoms with Crippen LogP contribution in [0.4, 0.5) is 0 Å². The van der Waals surface area contributed by atoms with Gasteiger partial charge >= 0.3 is 0 Å². The van der Waals surface area contributed by atoms with Crippen LogP contribution in [0.3, 0.4) is 0 Å². The number of rotatable bonds is 8. The third kappa shape index (κ3) is 5.78. The molecule has 27 heavy (non-hydrogen) atoms. The summed E-state index contributed by atoms with van der Waals surface area (Å²) in [6.45, 7) is 3.89. The number of sulfone groups is 1. The molecule has 0 N–H and O–H groups in total. The van der Waals surface area contributed by atoms with Crippen molar-refractivity contribution in [3.63, 3.8) is 0 Å². The van der Waals surface area contributed by atoms with Gasteiger partial charge in [0.2, 0.25) is 0 Å². The maximum Gasteiger partial charge on any atom is 0.179 e. The zero-order valence-corrected chi connectivity index (χ0v) is 16.4. The normalized spacial score (nSPS) is 11.6. The van der Waals surface area contributed by atoms with Gasteiger partial charge in [0.05, 0.1) is 10.6 Å². The Bertz CT molecular complexity index is 895. The van der Waals surface area contributed by atoms with E-state index in [2.05, 4.69) is 29.2 Å². The molecule has 4 heteroatoms. The third-order valence-electron chi connectivity index (χ3n) is 4.55. The van der Waals surface area contributed by atoms with Gasteiger partial charge in [-0.05, 0) is 30.2 Å². The monoisotopic (exact) mass is 379 g/mol. The van der Waals surface area contributed by atoms with Crippen LogP contribution in [0.5, 0.6) is 0 Å². The van der Waals surface area contributed by atoms with Crippen LogP contribution in [0.25, 0.3) is 0 Å². The van der Waals surface area contributed by atoms with Crippen LogP contribution in [0, 0.1) is 6.92 Å². The fourth-order valence-electron chi connectivity index (χ4n) is 3.01. The largest absolute Gasteiger partial charge is 0.294 e. The van der Waals surface area contributed by atoms with Crippen molar-refractivity contribution in [1.82, 2.24) is 4.90 Å². The van der Waals surface area contributed by atoms with Gasteiger partial charge in [0.25, 0.3) is 0 Å². The van der Waals surface area contributed by atoms with Crippen molar-refractivity contribution in [2.45, 2.75) is 24.9 Å². The summed E-state index contributed by atoms with van der Waals surface area (Å²) in [6, 6.07) is 27.4. The molecule has 0 spiro atoms. The molecule has 0 heterocycles. The number of hydrogen-bond donors (Lipinski definition) is 0. The van der Waals surface area contributed by atoms with Crippen molar-refractivity contribution in [3.05, 3.63) is 102 Å². The second-order valence-corrected chi connectivity index (χ2v) is 8.92. The third-order valence-corrected chi connectivity index (χ3v) is 6.26. The Morgan fingerprint density at radius 1 is 0.704 bits per heavy atom. The summed E-state index contributed by atoms with van der Waals surface area (Å²) in [5.74, 6) is 0.107. The number of benzene rings is 3. The summed E-state index contributed by atoms with van der Waals surface area (Å²) in [4.78, 5) is 2.59. The Hall–Kier alpha value is -2.43. The molecule has 0 atom stereocenters. The molecule has 0 bridgehead atoms. The van der Waals surface area contributed by atoms with Crippen molar-refractivity contribution in [2.75, 3.05) is 12.3 Å². The molecule has 0 saturated heterocycles. The van der Waals surface area contributed by atoms with Crippen LogP contribution in [0.1, 0.15) is 16.7 Å². The van der Waals surface area contributed by atoms with Gasteiger partial charge in [-0.1, -0.05) is 78.4 Å². The fraction of sp³-hybridized carbons (Fsp3) is 0.217. The highest BCUT2D eigenvalue weighted by molar-refractivity contribution is 7.91. The summed E-state index contributed by atoms with van der Waals surface area (Å²) < 4.78 is 25.5. The predicted molar refractivity (Wildman–Crippen MR) is 110 cm³/mol. The maximum atomic E-state index is 12.7. The molecule has 0 unspecified atom stereocenters. The number of aryl methyl sites for hydroxylation is 1. The summed E-state index contributed by atoms with van der Waals surface area (Å²) in [5, 5.41) is 0. The number of hydrogen-bond acceptors (Lipinski definition) is 3. The maximum absolute atomic E-state index is 12.7. The van der Waals surface area contributed by atoms with Gasteiger partial charge in [0.15, 0.2) is 9.84 Å². The quantitative estimate of drug-likeness (QED) is 0.579. The van der Waals surface area contributed by atoms with Crippen LogP contribution in [0.2, 0.25) is 0 Å². The van der Waals surface area contributed by atoms with Gasteiger partial charge in [-0.3, -0.25) is 4.90 Å². The lowest BCUT2D eigenvalue weighted by Gasteiger charge is -2.22. The predicted octanol–water partition coefficient (Wildman–Crippen LogP) is 4.47. The molecule has 140 valence electrons. The molecule has 0 aliphatic heterocycles. The van der Waals surface area contributed by atoms with Crippen LogP contribution in [-0.4, -0.2) is 25.6 Å². The van der Waals surface area contributed by atoms with Gasteiger partial charge in [-0.15, -0.1) is 0 Å². The van der Waals surface area contributed by atoms with E-state index in [-0.39, 0.29) is 5.75 Å². The van der Waals surface area contributed by atoms with Gasteiger partial charge in [-0.25, -0.2) is 8.42 Å². The molecule has 0 aliphatic rings. The first-order valence-electron chi connectivity index (χ1n) is 9.12. The number of nitrogens with zero attached hydrogens (tertiary/aromatic N) is 1. The standard InChI is InChI=1S/C23H25NO2S/c1-20-12-14-23(15-13-20)27(25,26)17-16-24(18-21-8-4-2-5-9-21)19-22-10-6-3-7-11-22/h2-15H,16-19H2,1H3. The molecule has 0 aromatic heterocycles. The van der Waals surface area contributed by atoms with Gasteiger partial charge in [-0.2, -0.15) is 0 Å². The van der Waals surface area contributed by atoms with Crippen LogP contribution in [-0.2, 0) is 22.9 Å². The minimum absolute atomic E-state index is 0.107. The minimum atomic E-state index is -3.30. The fourth-order valence-corrected chi connectivity index (χ4v) is 4.30. The molecule has 3 nitrogen and oxygen atoms in total. The average Bonchev–Trinajstić information content (AvgIpc) is 2.68. The lowest BCUT2D eigenvalue weighted by atomic mass is 10.1. The van der Waals surface area contributed by atoms with Crippen LogP contribution >= 0.6 is 0 Å². The van der Waals surface area contributed by atoms with E-state index in [4.69, 9.17) is 0 Å². The van der Waals surface area contributed by atoms with Gasteiger partial charge < -0.3 is 0 Å².